The van der Waals surface area contributed by atoms with Crippen LogP contribution in [0.3, 0.4) is 0 Å². The summed E-state index contributed by atoms with van der Waals surface area (Å²) >= 11 is 1.35. The van der Waals surface area contributed by atoms with Gasteiger partial charge in [0.15, 0.2) is 5.16 Å². The number of hydrogen-bond donors (Lipinski definition) is 1. The average Bonchev–Trinajstić information content (AvgIpc) is 3.43. The highest BCUT2D eigenvalue weighted by Crippen LogP contribution is 2.28. The van der Waals surface area contributed by atoms with Crippen molar-refractivity contribution in [3.05, 3.63) is 65.7 Å². The van der Waals surface area contributed by atoms with Crippen LogP contribution in [0.2, 0.25) is 0 Å². The molecule has 0 spiro atoms. The van der Waals surface area contributed by atoms with Gasteiger partial charge in [-0.2, -0.15) is 0 Å². The quantitative estimate of drug-likeness (QED) is 0.442. The summed E-state index contributed by atoms with van der Waals surface area (Å²) in [7, 11) is 0. The van der Waals surface area contributed by atoms with E-state index < -0.39 is 0 Å². The Balaban J connectivity index is 1.41. The van der Waals surface area contributed by atoms with E-state index in [1.54, 1.807) is 0 Å². The third kappa shape index (κ3) is 5.01. The van der Waals surface area contributed by atoms with Gasteiger partial charge in [0.1, 0.15) is 0 Å². The smallest absolute Gasteiger partial charge is 0.254 e. The third-order valence-electron chi connectivity index (χ3n) is 4.90. The lowest BCUT2D eigenvalue weighted by Crippen LogP contribution is -2.25. The molecule has 1 fully saturated rings. The van der Waals surface area contributed by atoms with E-state index in [2.05, 4.69) is 51.8 Å². The number of amides is 1. The van der Waals surface area contributed by atoms with E-state index in [9.17, 15) is 4.79 Å². The second-order valence-corrected chi connectivity index (χ2v) is 8.18. The zero-order chi connectivity index (χ0) is 20.8. The number of hydroxylamine groups is 1. The van der Waals surface area contributed by atoms with Crippen molar-refractivity contribution in [2.75, 3.05) is 23.7 Å². The first-order valence-electron chi connectivity index (χ1n) is 10.1. The SMILES string of the molecule is Cc1ccc(-n2c(SCC(=O)NOCc3ccccc3)nnc2N2CCCC2)cc1. The minimum Gasteiger partial charge on any atom is -0.341 e. The van der Waals surface area contributed by atoms with E-state index in [-0.39, 0.29) is 11.7 Å². The summed E-state index contributed by atoms with van der Waals surface area (Å²) in [5.41, 5.74) is 5.69. The molecule has 0 aliphatic carbocycles. The molecule has 0 bridgehead atoms. The number of carbonyl (C=O) groups excluding carboxylic acids is 1. The number of anilines is 1. The van der Waals surface area contributed by atoms with E-state index in [4.69, 9.17) is 4.84 Å². The summed E-state index contributed by atoms with van der Waals surface area (Å²) in [6.07, 6.45) is 2.31. The maximum absolute atomic E-state index is 12.2. The number of thioether (sulfide) groups is 1. The molecule has 30 heavy (non-hydrogen) atoms. The van der Waals surface area contributed by atoms with Gasteiger partial charge in [-0.3, -0.25) is 14.2 Å². The second-order valence-electron chi connectivity index (χ2n) is 7.24. The molecule has 1 amide bonds. The van der Waals surface area contributed by atoms with E-state index in [1.165, 1.54) is 17.3 Å². The first-order valence-corrected chi connectivity index (χ1v) is 11.0. The second kappa shape index (κ2) is 9.77. The largest absolute Gasteiger partial charge is 0.341 e. The third-order valence-corrected chi connectivity index (χ3v) is 5.83. The monoisotopic (exact) mass is 423 g/mol. The fourth-order valence-electron chi connectivity index (χ4n) is 3.33. The summed E-state index contributed by atoms with van der Waals surface area (Å²) in [4.78, 5) is 19.8. The van der Waals surface area contributed by atoms with Gasteiger partial charge in [-0.1, -0.05) is 59.8 Å². The van der Waals surface area contributed by atoms with Gasteiger partial charge in [-0.25, -0.2) is 5.48 Å². The molecular formula is C22H25N5O2S. The number of aromatic nitrogens is 3. The van der Waals surface area contributed by atoms with Crippen LogP contribution in [0.25, 0.3) is 5.69 Å². The van der Waals surface area contributed by atoms with Gasteiger partial charge in [-0.15, -0.1) is 10.2 Å². The molecule has 8 heteroatoms. The number of nitrogens with one attached hydrogen (secondary N) is 1. The molecule has 3 aromatic rings. The molecule has 1 aliphatic heterocycles. The number of benzene rings is 2. The van der Waals surface area contributed by atoms with Crippen molar-refractivity contribution in [1.82, 2.24) is 20.2 Å². The molecule has 2 aromatic carbocycles. The Morgan fingerprint density at radius 1 is 1.07 bits per heavy atom. The van der Waals surface area contributed by atoms with Crippen LogP contribution in [0.5, 0.6) is 0 Å². The Morgan fingerprint density at radius 2 is 1.80 bits per heavy atom. The number of aryl methyl sites for hydroxylation is 1. The van der Waals surface area contributed by atoms with Crippen molar-refractivity contribution in [2.45, 2.75) is 31.5 Å². The van der Waals surface area contributed by atoms with Crippen molar-refractivity contribution in [3.63, 3.8) is 0 Å². The molecule has 1 aromatic heterocycles. The topological polar surface area (TPSA) is 72.3 Å². The highest BCUT2D eigenvalue weighted by atomic mass is 32.2. The summed E-state index contributed by atoms with van der Waals surface area (Å²) in [5, 5.41) is 9.50. The number of nitrogens with zero attached hydrogens (tertiary/aromatic N) is 4. The van der Waals surface area contributed by atoms with Crippen molar-refractivity contribution in [3.8, 4) is 5.69 Å². The lowest BCUT2D eigenvalue weighted by molar-refractivity contribution is -0.131. The molecule has 1 saturated heterocycles. The standard InChI is InChI=1S/C22H25N5O2S/c1-17-9-11-19(12-10-17)27-21(26-13-5-6-14-26)23-24-22(27)30-16-20(28)25-29-15-18-7-3-2-4-8-18/h2-4,7-12H,5-6,13-16H2,1H3,(H,25,28). The Morgan fingerprint density at radius 3 is 2.53 bits per heavy atom. The lowest BCUT2D eigenvalue weighted by atomic mass is 10.2. The molecule has 0 saturated carbocycles. The molecular weight excluding hydrogens is 398 g/mol. The van der Waals surface area contributed by atoms with Crippen LogP contribution in [-0.2, 0) is 16.2 Å². The maximum atomic E-state index is 12.2. The fourth-order valence-corrected chi connectivity index (χ4v) is 4.06. The van der Waals surface area contributed by atoms with Crippen molar-refractivity contribution < 1.29 is 9.63 Å². The number of carbonyl (C=O) groups is 1. The van der Waals surface area contributed by atoms with Crippen molar-refractivity contribution >= 4 is 23.6 Å². The molecule has 0 unspecified atom stereocenters. The van der Waals surface area contributed by atoms with E-state index in [1.807, 2.05) is 34.9 Å². The summed E-state index contributed by atoms with van der Waals surface area (Å²) in [5.74, 6) is 0.815. The first-order chi connectivity index (χ1) is 14.7. The van der Waals surface area contributed by atoms with Gasteiger partial charge in [0.25, 0.3) is 5.91 Å². The van der Waals surface area contributed by atoms with Crippen LogP contribution in [-0.4, -0.2) is 39.5 Å². The molecule has 156 valence electrons. The van der Waals surface area contributed by atoms with Crippen LogP contribution >= 0.6 is 11.8 Å². The number of hydrogen-bond acceptors (Lipinski definition) is 6. The Bertz CT molecular complexity index is 969. The zero-order valence-corrected chi connectivity index (χ0v) is 17.8. The highest BCUT2D eigenvalue weighted by molar-refractivity contribution is 7.99. The van der Waals surface area contributed by atoms with Crippen LogP contribution in [0.1, 0.15) is 24.0 Å². The van der Waals surface area contributed by atoms with Crippen molar-refractivity contribution in [2.24, 2.45) is 0 Å². The minimum absolute atomic E-state index is 0.193. The van der Waals surface area contributed by atoms with Gasteiger partial charge in [0, 0.05) is 13.1 Å². The summed E-state index contributed by atoms with van der Waals surface area (Å²) in [6, 6.07) is 18.0. The normalized spacial score (nSPS) is 13.6. The van der Waals surface area contributed by atoms with Crippen LogP contribution in [0.15, 0.2) is 59.8 Å². The van der Waals surface area contributed by atoms with Crippen molar-refractivity contribution in [1.29, 1.82) is 0 Å². The highest BCUT2D eigenvalue weighted by Gasteiger charge is 2.22. The Kier molecular flexibility index (Phi) is 6.66. The molecule has 1 N–H and O–H groups in total. The van der Waals surface area contributed by atoms with Gasteiger partial charge >= 0.3 is 0 Å². The fraction of sp³-hybridized carbons (Fsp3) is 0.318. The summed E-state index contributed by atoms with van der Waals surface area (Å²) in [6.45, 7) is 4.34. The zero-order valence-electron chi connectivity index (χ0n) is 17.0. The van der Waals surface area contributed by atoms with Crippen LogP contribution in [0.4, 0.5) is 5.95 Å². The lowest BCUT2D eigenvalue weighted by Gasteiger charge is -2.18. The molecule has 0 atom stereocenters. The maximum Gasteiger partial charge on any atom is 0.254 e. The molecule has 2 heterocycles. The van der Waals surface area contributed by atoms with Gasteiger partial charge in [-0.05, 0) is 37.5 Å². The molecule has 1 aliphatic rings. The molecule has 7 nitrogen and oxygen atoms in total. The molecule has 0 radical (unpaired) electrons. The minimum atomic E-state index is -0.211. The first kappa shape index (κ1) is 20.4. The molecule has 4 rings (SSSR count). The van der Waals surface area contributed by atoms with Crippen LogP contribution < -0.4 is 10.4 Å². The van der Waals surface area contributed by atoms with Crippen LogP contribution in [0, 0.1) is 6.92 Å². The van der Waals surface area contributed by atoms with E-state index in [0.717, 1.165) is 43.1 Å². The van der Waals surface area contributed by atoms with Gasteiger partial charge in [0.05, 0.1) is 18.0 Å². The van der Waals surface area contributed by atoms with E-state index >= 15 is 0 Å². The Labute approximate surface area is 180 Å². The van der Waals surface area contributed by atoms with Gasteiger partial charge in [0.2, 0.25) is 5.95 Å². The van der Waals surface area contributed by atoms with E-state index in [0.29, 0.717) is 11.8 Å². The predicted molar refractivity (Wildman–Crippen MR) is 118 cm³/mol. The number of rotatable bonds is 8. The Hall–Kier alpha value is -2.84. The summed E-state index contributed by atoms with van der Waals surface area (Å²) < 4.78 is 2.04. The van der Waals surface area contributed by atoms with Gasteiger partial charge < -0.3 is 4.90 Å². The average molecular weight is 424 g/mol. The predicted octanol–water partition coefficient (Wildman–Crippen LogP) is 3.52.